The molecule has 626 valence electrons. The van der Waals surface area contributed by atoms with Crippen LogP contribution in [0, 0.1) is 0 Å². The van der Waals surface area contributed by atoms with Gasteiger partial charge in [-0.25, -0.2) is 4.57 Å². The van der Waals surface area contributed by atoms with Crippen molar-refractivity contribution in [3.05, 3.63) is 0 Å². The maximum absolute atomic E-state index is 14.3. The van der Waals surface area contributed by atoms with E-state index in [2.05, 4.69) is 38.3 Å². The van der Waals surface area contributed by atoms with Crippen LogP contribution in [0.5, 0.6) is 0 Å². The number of aliphatic hydroxyl groups excluding tert-OH is 6. The van der Waals surface area contributed by atoms with Gasteiger partial charge in [0.2, 0.25) is 11.8 Å². The molecule has 13 atom stereocenters. The highest BCUT2D eigenvalue weighted by atomic mass is 31.2. The third kappa shape index (κ3) is 49.9. The quantitative estimate of drug-likeness (QED) is 0.0159. The molecule has 8 N–H and O–H groups in total. The van der Waals surface area contributed by atoms with Crippen LogP contribution in [0.1, 0.15) is 408 Å². The van der Waals surface area contributed by atoms with Gasteiger partial charge in [0.25, 0.3) is 0 Å². The van der Waals surface area contributed by atoms with Crippen LogP contribution in [0.3, 0.4) is 0 Å². The van der Waals surface area contributed by atoms with E-state index in [1.54, 1.807) is 13.8 Å². The Morgan fingerprint density at radius 1 is 0.396 bits per heavy atom. The summed E-state index contributed by atoms with van der Waals surface area (Å²) in [7, 11) is -4.57. The van der Waals surface area contributed by atoms with E-state index < -0.39 is 137 Å². The number of ether oxygens (including phenoxy) is 5. The van der Waals surface area contributed by atoms with Crippen LogP contribution in [-0.2, 0) is 61.0 Å². The van der Waals surface area contributed by atoms with E-state index in [1.165, 1.54) is 199 Å². The van der Waals surface area contributed by atoms with Gasteiger partial charge in [-0.2, -0.15) is 0 Å². The number of nitrogens with one attached hydrogen (secondary N) is 2. The third-order valence-electron chi connectivity index (χ3n) is 21.1. The predicted molar refractivity (Wildman–Crippen MR) is 422 cm³/mol. The SMILES string of the molecule is CCCCCCCCCCCCCCCC(=O)O[C@H](CCCCCCCCCCCCCCC)CC(=O)N[C@H]1[C@H](OC[C@H]2O[C@H](OP(=O)(OCC)OCC)[C@H](NC(=O)C[C@H](O)CCCCCCCCCCCCCCC)[C@@H](OC(=O)C[C@H](O)CCCCCCCCCCCCC)[C@@H]2O)O[C@H](CO)[C@@H](O)[C@@H]1O. The summed E-state index contributed by atoms with van der Waals surface area (Å²) in [5, 5.41) is 73.8. The van der Waals surface area contributed by atoms with Gasteiger partial charge in [0.05, 0.1) is 57.9 Å². The number of unbranched alkanes of at least 4 members (excludes halogenated alkanes) is 46. The third-order valence-corrected chi connectivity index (χ3v) is 22.8. The van der Waals surface area contributed by atoms with Crippen molar-refractivity contribution in [3.8, 4) is 0 Å². The number of esters is 2. The first kappa shape index (κ1) is 99.7. The molecular weight excluding hydrogens is 1370 g/mol. The summed E-state index contributed by atoms with van der Waals surface area (Å²) in [5.74, 6) is -2.73. The van der Waals surface area contributed by atoms with E-state index in [9.17, 15) is 54.4 Å². The van der Waals surface area contributed by atoms with E-state index in [-0.39, 0.29) is 26.1 Å². The van der Waals surface area contributed by atoms with Crippen molar-refractivity contribution in [2.45, 2.75) is 487 Å². The first-order valence-corrected chi connectivity index (χ1v) is 45.4. The molecule has 0 unspecified atom stereocenters. The largest absolute Gasteiger partial charge is 0.477 e. The maximum Gasteiger partial charge on any atom is 0.477 e. The number of phosphoric ester groups is 1. The fourth-order valence-electron chi connectivity index (χ4n) is 14.6. The normalized spacial score (nSPS) is 21.4. The van der Waals surface area contributed by atoms with E-state index >= 15 is 0 Å². The molecule has 106 heavy (non-hydrogen) atoms. The van der Waals surface area contributed by atoms with Crippen LogP contribution in [0.15, 0.2) is 0 Å². The van der Waals surface area contributed by atoms with Gasteiger partial charge in [0, 0.05) is 6.42 Å². The summed E-state index contributed by atoms with van der Waals surface area (Å²) >= 11 is 0. The molecule has 0 aliphatic carbocycles. The number of carbonyl (C=O) groups is 4. The number of aliphatic hydroxyl groups is 6. The van der Waals surface area contributed by atoms with Gasteiger partial charge >= 0.3 is 19.8 Å². The minimum atomic E-state index is -4.57. The van der Waals surface area contributed by atoms with Crippen molar-refractivity contribution in [1.29, 1.82) is 0 Å². The zero-order chi connectivity index (χ0) is 77.5. The van der Waals surface area contributed by atoms with Crippen LogP contribution >= 0.6 is 7.82 Å². The topological polar surface area (TPSA) is 305 Å². The van der Waals surface area contributed by atoms with E-state index in [4.69, 9.17) is 37.3 Å². The molecule has 2 fully saturated rings. The van der Waals surface area contributed by atoms with E-state index in [0.717, 1.165) is 96.3 Å². The van der Waals surface area contributed by atoms with Gasteiger partial charge in [-0.1, -0.05) is 336 Å². The summed E-state index contributed by atoms with van der Waals surface area (Å²) < 4.78 is 62.2. The number of amides is 2. The standard InChI is InChI=1S/C84H161N2O19P/c1-7-13-17-21-25-29-33-36-40-44-47-51-55-59-68(88)63-73(90)86-78-82(104-76(93)64-69(89)60-56-52-48-43-39-32-28-24-20-16-10-4)80(95)72(103-84(78)105-106(97,99-11-5)100-12-6)67-98-83-77(81(96)79(94)71(66-87)102-83)85-74(91)65-70(61-57-53-49-45-41-37-34-30-26-22-18-14-8-2)101-75(92)62-58-54-50-46-42-38-35-31-27-23-19-15-9-3/h68-72,77-84,87-89,94-96H,7-67H2,1-6H3,(H,85,91)(H,86,90)/t68-,69-,70-,71-,72-,77-,78-,79-,80-,81-,82-,83-,84-/m1/s1. The molecule has 2 saturated heterocycles. The first-order valence-electron chi connectivity index (χ1n) is 44.0. The molecule has 0 aromatic heterocycles. The minimum absolute atomic E-state index is 0.161. The van der Waals surface area contributed by atoms with Crippen molar-refractivity contribution in [2.24, 2.45) is 0 Å². The molecule has 22 heteroatoms. The molecule has 2 rings (SSSR count). The number of phosphoric acid groups is 1. The lowest BCUT2D eigenvalue weighted by Crippen LogP contribution is -2.67. The molecular formula is C84H161N2O19P. The summed E-state index contributed by atoms with van der Waals surface area (Å²) in [6.07, 6.45) is 40.5. The Labute approximate surface area is 644 Å². The van der Waals surface area contributed by atoms with Crippen LogP contribution in [0.25, 0.3) is 0 Å². The first-order chi connectivity index (χ1) is 51.5. The number of hydrogen-bond donors (Lipinski definition) is 8. The zero-order valence-electron chi connectivity index (χ0n) is 68.1. The lowest BCUT2D eigenvalue weighted by molar-refractivity contribution is -0.297. The van der Waals surface area contributed by atoms with Gasteiger partial charge in [0.15, 0.2) is 18.7 Å². The molecule has 0 aromatic carbocycles. The summed E-state index contributed by atoms with van der Waals surface area (Å²) in [6, 6.07) is -3.17. The van der Waals surface area contributed by atoms with Crippen LogP contribution in [0.4, 0.5) is 0 Å². The second kappa shape index (κ2) is 67.2. The summed E-state index contributed by atoms with van der Waals surface area (Å²) in [5.41, 5.74) is 0. The molecule has 0 bridgehead atoms. The predicted octanol–water partition coefficient (Wildman–Crippen LogP) is 18.6. The number of hydrogen-bond acceptors (Lipinski definition) is 19. The monoisotopic (exact) mass is 1530 g/mol. The Bertz CT molecular complexity index is 2130. The fraction of sp³-hybridized carbons (Fsp3) is 0.952. The van der Waals surface area contributed by atoms with Crippen molar-refractivity contribution >= 4 is 31.6 Å². The van der Waals surface area contributed by atoms with Crippen molar-refractivity contribution < 1.29 is 91.6 Å². The van der Waals surface area contributed by atoms with Crippen LogP contribution < -0.4 is 10.6 Å². The average molecular weight is 1530 g/mol. The minimum Gasteiger partial charge on any atom is -0.462 e. The van der Waals surface area contributed by atoms with Gasteiger partial charge in [-0.15, -0.1) is 0 Å². The second-order valence-corrected chi connectivity index (χ2v) is 32.6. The van der Waals surface area contributed by atoms with E-state index in [1.807, 2.05) is 0 Å². The van der Waals surface area contributed by atoms with Crippen LogP contribution in [0.2, 0.25) is 0 Å². The van der Waals surface area contributed by atoms with Crippen molar-refractivity contribution in [2.75, 3.05) is 26.4 Å². The molecule has 0 radical (unpaired) electrons. The molecule has 2 aliphatic heterocycles. The Kier molecular flexibility index (Phi) is 63.2. The molecule has 2 amide bonds. The fourth-order valence-corrected chi connectivity index (χ4v) is 15.9. The molecule has 2 heterocycles. The highest BCUT2D eigenvalue weighted by Crippen LogP contribution is 2.52. The molecule has 0 saturated carbocycles. The van der Waals surface area contributed by atoms with Gasteiger partial charge in [-0.05, 0) is 46.0 Å². The summed E-state index contributed by atoms with van der Waals surface area (Å²) in [4.78, 5) is 56.1. The highest BCUT2D eigenvalue weighted by Gasteiger charge is 2.53. The molecule has 2 aliphatic rings. The lowest BCUT2D eigenvalue weighted by Gasteiger charge is -2.46. The molecule has 0 spiro atoms. The maximum atomic E-state index is 14.3. The highest BCUT2D eigenvalue weighted by molar-refractivity contribution is 7.48. The van der Waals surface area contributed by atoms with Gasteiger partial charge < -0.3 is 65.0 Å². The summed E-state index contributed by atoms with van der Waals surface area (Å²) in [6.45, 7) is 10.2. The smallest absolute Gasteiger partial charge is 0.462 e. The number of carbonyl (C=O) groups excluding carboxylic acids is 4. The number of rotatable bonds is 74. The lowest BCUT2D eigenvalue weighted by atomic mass is 9.95. The molecule has 0 aromatic rings. The Hall–Kier alpha value is -2.37. The Morgan fingerprint density at radius 2 is 0.745 bits per heavy atom. The Balaban J connectivity index is 2.38. The van der Waals surface area contributed by atoms with Gasteiger partial charge in [-0.3, -0.25) is 32.7 Å². The van der Waals surface area contributed by atoms with Crippen molar-refractivity contribution in [1.82, 2.24) is 10.6 Å². The van der Waals surface area contributed by atoms with Crippen LogP contribution in [-0.4, -0.2) is 160 Å². The zero-order valence-corrected chi connectivity index (χ0v) is 69.0. The van der Waals surface area contributed by atoms with Gasteiger partial charge in [0.1, 0.15) is 48.7 Å². The Morgan fingerprint density at radius 3 is 1.14 bits per heavy atom. The van der Waals surface area contributed by atoms with Crippen molar-refractivity contribution in [3.63, 3.8) is 0 Å². The van der Waals surface area contributed by atoms with E-state index in [0.29, 0.717) is 44.9 Å². The average Bonchev–Trinajstić information content (AvgIpc) is 0.761. The molecule has 21 nitrogen and oxygen atoms in total. The second-order valence-electron chi connectivity index (χ2n) is 31.0.